The lowest BCUT2D eigenvalue weighted by molar-refractivity contribution is 0.100. The van der Waals surface area contributed by atoms with Gasteiger partial charge in [0.25, 0.3) is 0 Å². The summed E-state index contributed by atoms with van der Waals surface area (Å²) in [5.41, 5.74) is 0.953. The fourth-order valence-corrected chi connectivity index (χ4v) is 2.28. The van der Waals surface area contributed by atoms with Crippen LogP contribution in [-0.2, 0) is 0 Å². The molecule has 0 fully saturated rings. The Bertz CT molecular complexity index is 828. The number of phenols is 2. The maximum atomic E-state index is 11.6. The lowest BCUT2D eigenvalue weighted by atomic mass is 10.1. The van der Waals surface area contributed by atoms with Gasteiger partial charge in [0.05, 0.1) is 14.2 Å². The van der Waals surface area contributed by atoms with Gasteiger partial charge in [-0.3, -0.25) is 14.6 Å². The van der Waals surface area contributed by atoms with Gasteiger partial charge in [0.2, 0.25) is 0 Å². The fourth-order valence-electron chi connectivity index (χ4n) is 2.28. The van der Waals surface area contributed by atoms with Gasteiger partial charge in [-0.1, -0.05) is 0 Å². The predicted octanol–water partition coefficient (Wildman–Crippen LogP) is 3.27. The molecule has 0 aliphatic rings. The number of phenolic OH excluding ortho intramolecular Hbond substituents is 2. The van der Waals surface area contributed by atoms with Gasteiger partial charge in [-0.05, 0) is 38.1 Å². The third-order valence-corrected chi connectivity index (χ3v) is 3.75. The zero-order chi connectivity index (χ0) is 19.4. The summed E-state index contributed by atoms with van der Waals surface area (Å²) in [5.74, 6) is -0.648. The van der Waals surface area contributed by atoms with E-state index in [1.165, 1.54) is 58.5 Å². The van der Waals surface area contributed by atoms with E-state index in [9.17, 15) is 19.8 Å². The zero-order valence-electron chi connectivity index (χ0n) is 14.9. The van der Waals surface area contributed by atoms with Gasteiger partial charge in [0, 0.05) is 22.9 Å². The second kappa shape index (κ2) is 7.69. The molecule has 2 rings (SSSR count). The van der Waals surface area contributed by atoms with Gasteiger partial charge in [0.1, 0.15) is 5.69 Å². The van der Waals surface area contributed by atoms with Crippen molar-refractivity contribution in [1.29, 1.82) is 0 Å². The highest BCUT2D eigenvalue weighted by molar-refractivity contribution is 5.99. The van der Waals surface area contributed by atoms with Crippen LogP contribution in [0.4, 0.5) is 5.69 Å². The number of hydrogen-bond acceptors (Lipinski definition) is 7. The minimum absolute atomic E-state index is 0.0844. The molecule has 7 heteroatoms. The van der Waals surface area contributed by atoms with Gasteiger partial charge in [-0.15, -0.1) is 0 Å². The van der Waals surface area contributed by atoms with Crippen LogP contribution < -0.4 is 9.47 Å². The molecular weight excluding hydrogens is 338 g/mol. The van der Waals surface area contributed by atoms with Gasteiger partial charge in [-0.2, -0.15) is 0 Å². The van der Waals surface area contributed by atoms with E-state index in [1.54, 1.807) is 0 Å². The molecule has 0 saturated heterocycles. The van der Waals surface area contributed by atoms with Crippen molar-refractivity contribution in [3.8, 4) is 23.0 Å². The first-order valence-electron chi connectivity index (χ1n) is 7.66. The summed E-state index contributed by atoms with van der Waals surface area (Å²) in [6.07, 6.45) is 1.27. The number of nitrogens with zero attached hydrogens (tertiary/aromatic N) is 1. The number of aromatic hydroxyl groups is 2. The van der Waals surface area contributed by atoms with Crippen LogP contribution >= 0.6 is 0 Å². The molecule has 2 N–H and O–H groups in total. The van der Waals surface area contributed by atoms with Crippen LogP contribution in [0.25, 0.3) is 0 Å². The lowest BCUT2D eigenvalue weighted by Crippen LogP contribution is -1.97. The number of benzene rings is 2. The molecule has 2 aromatic rings. The first-order chi connectivity index (χ1) is 12.3. The van der Waals surface area contributed by atoms with Crippen molar-refractivity contribution in [2.45, 2.75) is 13.8 Å². The highest BCUT2D eigenvalue weighted by atomic mass is 16.5. The molecule has 0 atom stereocenters. The molecule has 26 heavy (non-hydrogen) atoms. The molecule has 0 amide bonds. The number of Topliss-reactive ketones (excluding diaryl/α,β-unsaturated/α-hetero) is 2. The number of aliphatic imine (C=N–C) groups is 1. The smallest absolute Gasteiger partial charge is 0.184 e. The normalized spacial score (nSPS) is 10.8. The maximum Gasteiger partial charge on any atom is 0.184 e. The summed E-state index contributed by atoms with van der Waals surface area (Å²) in [5, 5.41) is 20.4. The Labute approximate surface area is 150 Å². The number of rotatable bonds is 6. The van der Waals surface area contributed by atoms with E-state index >= 15 is 0 Å². The maximum absolute atomic E-state index is 11.6. The average Bonchev–Trinajstić information content (AvgIpc) is 2.61. The first kappa shape index (κ1) is 19.0. The molecule has 0 unspecified atom stereocenters. The first-order valence-corrected chi connectivity index (χ1v) is 7.66. The van der Waals surface area contributed by atoms with Crippen molar-refractivity contribution in [1.82, 2.24) is 0 Å². The van der Waals surface area contributed by atoms with E-state index < -0.39 is 0 Å². The van der Waals surface area contributed by atoms with Crippen LogP contribution in [0.15, 0.2) is 29.3 Å². The monoisotopic (exact) mass is 357 g/mol. The van der Waals surface area contributed by atoms with Crippen LogP contribution in [0.5, 0.6) is 23.0 Å². The van der Waals surface area contributed by atoms with Crippen molar-refractivity contribution in [3.63, 3.8) is 0 Å². The number of carbonyl (C=O) groups is 2. The topological polar surface area (TPSA) is 105 Å². The summed E-state index contributed by atoms with van der Waals surface area (Å²) < 4.78 is 10.1. The van der Waals surface area contributed by atoms with Crippen molar-refractivity contribution in [2.75, 3.05) is 14.2 Å². The Morgan fingerprint density at radius 1 is 0.885 bits per heavy atom. The van der Waals surface area contributed by atoms with Crippen LogP contribution in [0.2, 0.25) is 0 Å². The highest BCUT2D eigenvalue weighted by Gasteiger charge is 2.14. The fraction of sp³-hybridized carbons (Fsp3) is 0.211. The van der Waals surface area contributed by atoms with Gasteiger partial charge < -0.3 is 19.7 Å². The predicted molar refractivity (Wildman–Crippen MR) is 96.6 cm³/mol. The number of methoxy groups -OCH3 is 2. The Morgan fingerprint density at radius 3 is 1.88 bits per heavy atom. The lowest BCUT2D eigenvalue weighted by Gasteiger charge is -2.10. The highest BCUT2D eigenvalue weighted by Crippen LogP contribution is 2.38. The van der Waals surface area contributed by atoms with Crippen molar-refractivity contribution < 1.29 is 29.3 Å². The molecule has 7 nitrogen and oxygen atoms in total. The SMILES string of the molecule is COc1cc(C(C)=O)cc(C=Nc2cc(C(C)=O)cc(OC)c2O)c1O. The van der Waals surface area contributed by atoms with Gasteiger partial charge in [0.15, 0.2) is 34.6 Å². The number of carbonyl (C=O) groups excluding carboxylic acids is 2. The molecule has 0 bridgehead atoms. The van der Waals surface area contributed by atoms with Gasteiger partial charge >= 0.3 is 0 Å². The van der Waals surface area contributed by atoms with Gasteiger partial charge in [-0.25, -0.2) is 0 Å². The summed E-state index contributed by atoms with van der Waals surface area (Å²) in [6, 6.07) is 5.69. The standard InChI is InChI=1S/C19H19NO6/c1-10(21)12-5-14(18(23)16(7-12)25-3)9-20-15-6-13(11(2)22)8-17(26-4)19(15)24/h5-9,23-24H,1-4H3. The molecule has 0 aromatic heterocycles. The van der Waals surface area contributed by atoms with Crippen LogP contribution in [-0.4, -0.2) is 42.2 Å². The molecule has 0 spiro atoms. The van der Waals surface area contributed by atoms with Crippen LogP contribution in [0, 0.1) is 0 Å². The minimum atomic E-state index is -0.247. The van der Waals surface area contributed by atoms with E-state index in [4.69, 9.17) is 9.47 Å². The summed E-state index contributed by atoms with van der Waals surface area (Å²) in [4.78, 5) is 27.4. The average molecular weight is 357 g/mol. The summed E-state index contributed by atoms with van der Waals surface area (Å²) in [6.45, 7) is 2.77. The van der Waals surface area contributed by atoms with Crippen molar-refractivity contribution >= 4 is 23.5 Å². The second-order valence-corrected chi connectivity index (χ2v) is 5.53. The largest absolute Gasteiger partial charge is 0.504 e. The van der Waals surface area contributed by atoms with Crippen molar-refractivity contribution in [2.24, 2.45) is 4.99 Å². The quantitative estimate of drug-likeness (QED) is 0.607. The van der Waals surface area contributed by atoms with Crippen LogP contribution in [0.1, 0.15) is 40.1 Å². The van der Waals surface area contributed by atoms with E-state index in [-0.39, 0.29) is 45.8 Å². The third kappa shape index (κ3) is 3.83. The van der Waals surface area contributed by atoms with E-state index in [0.717, 1.165) is 0 Å². The number of ether oxygens (including phenoxy) is 2. The van der Waals surface area contributed by atoms with Crippen molar-refractivity contribution in [3.05, 3.63) is 41.0 Å². The molecule has 2 aromatic carbocycles. The molecule has 0 saturated carbocycles. The Morgan fingerprint density at radius 2 is 1.38 bits per heavy atom. The summed E-state index contributed by atoms with van der Waals surface area (Å²) in [7, 11) is 2.73. The second-order valence-electron chi connectivity index (χ2n) is 5.53. The van der Waals surface area contributed by atoms with E-state index in [1.807, 2.05) is 0 Å². The molecule has 0 aliphatic carbocycles. The Balaban J connectivity index is 2.56. The summed E-state index contributed by atoms with van der Waals surface area (Å²) >= 11 is 0. The molecule has 0 heterocycles. The zero-order valence-corrected chi connectivity index (χ0v) is 14.9. The van der Waals surface area contributed by atoms with Crippen LogP contribution in [0.3, 0.4) is 0 Å². The van der Waals surface area contributed by atoms with E-state index in [2.05, 4.69) is 4.99 Å². The Hall–Kier alpha value is -3.35. The third-order valence-electron chi connectivity index (χ3n) is 3.75. The number of ketones is 2. The molecule has 136 valence electrons. The molecular formula is C19H19NO6. The molecule has 0 aliphatic heterocycles. The van der Waals surface area contributed by atoms with E-state index in [0.29, 0.717) is 11.1 Å². The molecule has 0 radical (unpaired) electrons. The minimum Gasteiger partial charge on any atom is -0.504 e. The Kier molecular flexibility index (Phi) is 5.61. The number of hydrogen-bond donors (Lipinski definition) is 2.